The number of carbonyl (C=O) groups excluding carboxylic acids is 1. The Labute approximate surface area is 114 Å². The van der Waals surface area contributed by atoms with Gasteiger partial charge in [0.1, 0.15) is 0 Å². The number of benzene rings is 1. The molecule has 0 bridgehead atoms. The van der Waals surface area contributed by atoms with Crippen molar-refractivity contribution in [3.05, 3.63) is 29.8 Å². The Bertz CT molecular complexity index is 440. The first kappa shape index (κ1) is 13.9. The van der Waals surface area contributed by atoms with E-state index >= 15 is 0 Å². The number of anilines is 1. The van der Waals surface area contributed by atoms with Crippen molar-refractivity contribution < 1.29 is 9.53 Å². The van der Waals surface area contributed by atoms with Crippen LogP contribution >= 0.6 is 0 Å². The molecule has 3 N–H and O–H groups in total. The van der Waals surface area contributed by atoms with Crippen molar-refractivity contribution in [1.29, 1.82) is 0 Å². The number of primary amides is 1. The number of nitrogens with one attached hydrogen (secondary N) is 1. The highest BCUT2D eigenvalue weighted by atomic mass is 16.5. The Kier molecular flexibility index (Phi) is 4.10. The standard InChI is InChI=1S/C15H22N2O2/c1-15(2)10-13(7-8-19-15)17-12-5-3-11(4-6-12)9-14(16)18/h3-6,13,17H,7-10H2,1-2H3,(H2,16,18). The van der Waals surface area contributed by atoms with Crippen LogP contribution < -0.4 is 11.1 Å². The second-order valence-electron chi connectivity index (χ2n) is 5.78. The summed E-state index contributed by atoms with van der Waals surface area (Å²) < 4.78 is 5.70. The van der Waals surface area contributed by atoms with Crippen LogP contribution in [-0.4, -0.2) is 24.2 Å². The third-order valence-corrected chi connectivity index (χ3v) is 3.40. The van der Waals surface area contributed by atoms with Gasteiger partial charge >= 0.3 is 0 Å². The molecule has 104 valence electrons. The van der Waals surface area contributed by atoms with Crippen molar-refractivity contribution >= 4 is 11.6 Å². The van der Waals surface area contributed by atoms with E-state index in [1.165, 1.54) is 0 Å². The van der Waals surface area contributed by atoms with Gasteiger partial charge in [-0.15, -0.1) is 0 Å². The fraction of sp³-hybridized carbons (Fsp3) is 0.533. The zero-order valence-corrected chi connectivity index (χ0v) is 11.6. The highest BCUT2D eigenvalue weighted by molar-refractivity contribution is 5.76. The monoisotopic (exact) mass is 262 g/mol. The molecule has 1 aliphatic heterocycles. The molecule has 1 atom stereocenters. The lowest BCUT2D eigenvalue weighted by molar-refractivity contribution is -0.117. The second kappa shape index (κ2) is 5.61. The minimum Gasteiger partial charge on any atom is -0.382 e. The van der Waals surface area contributed by atoms with E-state index in [1.54, 1.807) is 0 Å². The molecule has 1 aromatic rings. The molecule has 1 aliphatic rings. The van der Waals surface area contributed by atoms with Crippen LogP contribution in [0.25, 0.3) is 0 Å². The van der Waals surface area contributed by atoms with Gasteiger partial charge in [-0.3, -0.25) is 4.79 Å². The number of ether oxygens (including phenoxy) is 1. The maximum Gasteiger partial charge on any atom is 0.221 e. The number of amides is 1. The molecule has 4 heteroatoms. The Morgan fingerprint density at radius 3 is 2.68 bits per heavy atom. The summed E-state index contributed by atoms with van der Waals surface area (Å²) in [6, 6.07) is 8.32. The minimum absolute atomic E-state index is 0.0537. The van der Waals surface area contributed by atoms with E-state index in [0.717, 1.165) is 30.7 Å². The van der Waals surface area contributed by atoms with Gasteiger partial charge in [0.25, 0.3) is 0 Å². The first-order valence-corrected chi connectivity index (χ1v) is 6.72. The lowest BCUT2D eigenvalue weighted by atomic mass is 9.94. The van der Waals surface area contributed by atoms with Crippen LogP contribution in [-0.2, 0) is 16.0 Å². The number of nitrogens with two attached hydrogens (primary N) is 1. The lowest BCUT2D eigenvalue weighted by Gasteiger charge is -2.36. The molecular formula is C15H22N2O2. The fourth-order valence-electron chi connectivity index (χ4n) is 2.51. The van der Waals surface area contributed by atoms with Crippen LogP contribution in [0.4, 0.5) is 5.69 Å². The fourth-order valence-corrected chi connectivity index (χ4v) is 2.51. The quantitative estimate of drug-likeness (QED) is 0.873. The van der Waals surface area contributed by atoms with Crippen molar-refractivity contribution in [3.8, 4) is 0 Å². The van der Waals surface area contributed by atoms with Gasteiger partial charge in [-0.05, 0) is 44.4 Å². The van der Waals surface area contributed by atoms with Gasteiger partial charge in [-0.1, -0.05) is 12.1 Å². The molecule has 0 radical (unpaired) electrons. The molecule has 0 saturated carbocycles. The predicted octanol–water partition coefficient (Wildman–Crippen LogP) is 2.08. The Morgan fingerprint density at radius 1 is 1.42 bits per heavy atom. The average Bonchev–Trinajstić information content (AvgIpc) is 2.30. The highest BCUT2D eigenvalue weighted by Crippen LogP contribution is 2.26. The van der Waals surface area contributed by atoms with Gasteiger partial charge in [0.2, 0.25) is 5.91 Å². The number of rotatable bonds is 4. The van der Waals surface area contributed by atoms with E-state index in [9.17, 15) is 4.79 Å². The van der Waals surface area contributed by atoms with Gasteiger partial charge in [0.15, 0.2) is 0 Å². The zero-order valence-electron chi connectivity index (χ0n) is 11.6. The van der Waals surface area contributed by atoms with Crippen molar-refractivity contribution in [3.63, 3.8) is 0 Å². The first-order valence-electron chi connectivity index (χ1n) is 6.72. The molecule has 19 heavy (non-hydrogen) atoms. The number of carbonyl (C=O) groups is 1. The number of hydrogen-bond acceptors (Lipinski definition) is 3. The SMILES string of the molecule is CC1(C)CC(Nc2ccc(CC(N)=O)cc2)CCO1. The van der Waals surface area contributed by atoms with Gasteiger partial charge in [0, 0.05) is 18.3 Å². The minimum atomic E-state index is -0.299. The molecular weight excluding hydrogens is 240 g/mol. The van der Waals surface area contributed by atoms with E-state index in [2.05, 4.69) is 19.2 Å². The predicted molar refractivity (Wildman–Crippen MR) is 76.0 cm³/mol. The maximum absolute atomic E-state index is 10.8. The molecule has 1 fully saturated rings. The summed E-state index contributed by atoms with van der Waals surface area (Å²) in [5.74, 6) is -0.299. The molecule has 0 spiro atoms. The summed E-state index contributed by atoms with van der Waals surface area (Å²) in [4.78, 5) is 10.8. The molecule has 0 aromatic heterocycles. The summed E-state index contributed by atoms with van der Waals surface area (Å²) in [5, 5.41) is 3.52. The van der Waals surface area contributed by atoms with Gasteiger partial charge in [-0.2, -0.15) is 0 Å². The van der Waals surface area contributed by atoms with Gasteiger partial charge in [-0.25, -0.2) is 0 Å². The molecule has 0 aliphatic carbocycles. The van der Waals surface area contributed by atoms with Crippen LogP contribution in [0.1, 0.15) is 32.3 Å². The molecule has 1 aromatic carbocycles. The van der Waals surface area contributed by atoms with Crippen LogP contribution in [0.15, 0.2) is 24.3 Å². The topological polar surface area (TPSA) is 64.3 Å². The maximum atomic E-state index is 10.8. The summed E-state index contributed by atoms with van der Waals surface area (Å²) >= 11 is 0. The Balaban J connectivity index is 1.94. The normalized spacial score (nSPS) is 21.9. The van der Waals surface area contributed by atoms with Crippen molar-refractivity contribution in [2.24, 2.45) is 5.73 Å². The van der Waals surface area contributed by atoms with E-state index < -0.39 is 0 Å². The Morgan fingerprint density at radius 2 is 2.11 bits per heavy atom. The van der Waals surface area contributed by atoms with E-state index in [-0.39, 0.29) is 11.5 Å². The van der Waals surface area contributed by atoms with Crippen LogP contribution in [0.5, 0.6) is 0 Å². The first-order chi connectivity index (χ1) is 8.94. The third kappa shape index (κ3) is 4.24. The molecule has 1 heterocycles. The number of hydrogen-bond donors (Lipinski definition) is 2. The summed E-state index contributed by atoms with van der Waals surface area (Å²) in [5.41, 5.74) is 7.15. The molecule has 1 saturated heterocycles. The zero-order chi connectivity index (χ0) is 13.9. The van der Waals surface area contributed by atoms with Gasteiger partial charge < -0.3 is 15.8 Å². The van der Waals surface area contributed by atoms with E-state index in [1.807, 2.05) is 24.3 Å². The smallest absolute Gasteiger partial charge is 0.221 e. The highest BCUT2D eigenvalue weighted by Gasteiger charge is 2.28. The molecule has 1 amide bonds. The second-order valence-corrected chi connectivity index (χ2v) is 5.78. The summed E-state index contributed by atoms with van der Waals surface area (Å²) in [7, 11) is 0. The third-order valence-electron chi connectivity index (χ3n) is 3.40. The van der Waals surface area contributed by atoms with E-state index in [0.29, 0.717) is 12.5 Å². The average molecular weight is 262 g/mol. The molecule has 2 rings (SSSR count). The lowest BCUT2D eigenvalue weighted by Crippen LogP contribution is -2.40. The molecule has 1 unspecified atom stereocenters. The van der Waals surface area contributed by atoms with Gasteiger partial charge in [0.05, 0.1) is 12.0 Å². The molecule has 4 nitrogen and oxygen atoms in total. The van der Waals surface area contributed by atoms with Crippen molar-refractivity contribution in [2.45, 2.75) is 44.8 Å². The van der Waals surface area contributed by atoms with E-state index in [4.69, 9.17) is 10.5 Å². The Hall–Kier alpha value is -1.55. The van der Waals surface area contributed by atoms with Crippen molar-refractivity contribution in [1.82, 2.24) is 0 Å². The van der Waals surface area contributed by atoms with Crippen LogP contribution in [0.2, 0.25) is 0 Å². The van der Waals surface area contributed by atoms with Crippen LogP contribution in [0.3, 0.4) is 0 Å². The summed E-state index contributed by atoms with van der Waals surface area (Å²) in [6.07, 6.45) is 2.31. The largest absolute Gasteiger partial charge is 0.382 e. The summed E-state index contributed by atoms with van der Waals surface area (Å²) in [6.45, 7) is 5.04. The van der Waals surface area contributed by atoms with Crippen LogP contribution in [0, 0.1) is 0 Å². The van der Waals surface area contributed by atoms with Crippen molar-refractivity contribution in [2.75, 3.05) is 11.9 Å².